The van der Waals surface area contributed by atoms with E-state index in [-0.39, 0.29) is 5.97 Å². The fraction of sp³-hybridized carbons (Fsp3) is 0.0952. The number of ether oxygens (including phenoxy) is 1. The zero-order chi connectivity index (χ0) is 16.7. The van der Waals surface area contributed by atoms with Gasteiger partial charge in [-0.2, -0.15) is 0 Å². The number of furan rings is 1. The maximum Gasteiger partial charge on any atom is 0.343 e. The first-order valence-electron chi connectivity index (χ1n) is 7.81. The number of hydrogen-bond acceptors (Lipinski definition) is 3. The molecule has 0 atom stereocenters. The molecule has 0 saturated heterocycles. The summed E-state index contributed by atoms with van der Waals surface area (Å²) in [4.78, 5) is 12.1. The molecule has 2 aromatic carbocycles. The molecule has 3 aromatic rings. The summed E-state index contributed by atoms with van der Waals surface area (Å²) in [6.07, 6.45) is 3.46. The van der Waals surface area contributed by atoms with Gasteiger partial charge in [-0.15, -0.1) is 0 Å². The second kappa shape index (κ2) is 5.53. The lowest BCUT2D eigenvalue weighted by Crippen LogP contribution is -1.97. The van der Waals surface area contributed by atoms with Crippen molar-refractivity contribution in [3.8, 4) is 0 Å². The van der Waals surface area contributed by atoms with Gasteiger partial charge in [0, 0.05) is 5.56 Å². The average molecular weight is 316 g/mol. The van der Waals surface area contributed by atoms with Crippen LogP contribution in [0, 0.1) is 13.8 Å². The van der Waals surface area contributed by atoms with Crippen LogP contribution >= 0.6 is 0 Å². The summed E-state index contributed by atoms with van der Waals surface area (Å²) in [7, 11) is 0. The van der Waals surface area contributed by atoms with Crippen LogP contribution in [0.3, 0.4) is 0 Å². The molecule has 3 heteroatoms. The van der Waals surface area contributed by atoms with Crippen LogP contribution in [0.25, 0.3) is 22.6 Å². The van der Waals surface area contributed by atoms with E-state index in [4.69, 9.17) is 9.15 Å². The summed E-state index contributed by atoms with van der Waals surface area (Å²) in [6.45, 7) is 3.94. The van der Waals surface area contributed by atoms with Crippen LogP contribution in [0.4, 0.5) is 0 Å². The van der Waals surface area contributed by atoms with Crippen LogP contribution in [0.1, 0.15) is 22.6 Å². The van der Waals surface area contributed by atoms with E-state index in [1.165, 1.54) is 10.9 Å². The number of aryl methyl sites for hydroxylation is 2. The molecule has 0 spiro atoms. The number of carbonyl (C=O) groups excluding carboxylic acids is 1. The van der Waals surface area contributed by atoms with Gasteiger partial charge in [0.05, 0.1) is 5.57 Å². The van der Waals surface area contributed by atoms with E-state index in [2.05, 4.69) is 25.1 Å². The van der Waals surface area contributed by atoms with Gasteiger partial charge in [-0.1, -0.05) is 35.9 Å². The van der Waals surface area contributed by atoms with E-state index in [9.17, 15) is 4.79 Å². The Morgan fingerprint density at radius 3 is 2.50 bits per heavy atom. The summed E-state index contributed by atoms with van der Waals surface area (Å²) >= 11 is 0. The van der Waals surface area contributed by atoms with Crippen LogP contribution in [0.2, 0.25) is 0 Å². The molecule has 2 heterocycles. The Bertz CT molecular complexity index is 1020. The molecule has 1 aromatic heterocycles. The Hall–Kier alpha value is -3.07. The molecule has 1 aliphatic heterocycles. The zero-order valence-electron chi connectivity index (χ0n) is 13.5. The molecule has 0 unspecified atom stereocenters. The highest BCUT2D eigenvalue weighted by Gasteiger charge is 2.22. The highest BCUT2D eigenvalue weighted by Crippen LogP contribution is 2.30. The Labute approximate surface area is 139 Å². The molecule has 0 amide bonds. The molecule has 0 N–H and O–H groups in total. The van der Waals surface area contributed by atoms with Crippen molar-refractivity contribution in [3.05, 3.63) is 82.8 Å². The lowest BCUT2D eigenvalue weighted by Gasteiger charge is -2.05. The lowest BCUT2D eigenvalue weighted by atomic mass is 10.0. The smallest absolute Gasteiger partial charge is 0.343 e. The Balaban J connectivity index is 1.71. The zero-order valence-corrected chi connectivity index (χ0v) is 13.5. The summed E-state index contributed by atoms with van der Waals surface area (Å²) in [5.74, 6) is 1.66. The second-order valence-electron chi connectivity index (χ2n) is 6.01. The predicted octanol–water partition coefficient (Wildman–Crippen LogP) is 5.03. The van der Waals surface area contributed by atoms with Crippen LogP contribution in [0.5, 0.6) is 0 Å². The largest absolute Gasteiger partial charge is 0.462 e. The molecule has 0 fully saturated rings. The van der Waals surface area contributed by atoms with Gasteiger partial charge in [0.15, 0.2) is 0 Å². The number of benzene rings is 2. The maximum absolute atomic E-state index is 12.1. The Morgan fingerprint density at radius 1 is 0.917 bits per heavy atom. The fourth-order valence-electron chi connectivity index (χ4n) is 2.83. The van der Waals surface area contributed by atoms with E-state index < -0.39 is 0 Å². The third-order valence-corrected chi connectivity index (χ3v) is 4.06. The number of rotatable bonds is 2. The minimum absolute atomic E-state index is 0.358. The third kappa shape index (κ3) is 2.65. The van der Waals surface area contributed by atoms with Crippen molar-refractivity contribution >= 4 is 28.6 Å². The number of fused-ring (bicyclic) bond motifs is 1. The highest BCUT2D eigenvalue weighted by atomic mass is 16.5. The molecule has 3 nitrogen and oxygen atoms in total. The monoisotopic (exact) mass is 316 g/mol. The molecule has 24 heavy (non-hydrogen) atoms. The van der Waals surface area contributed by atoms with E-state index in [0.29, 0.717) is 17.1 Å². The number of esters is 1. The minimum Gasteiger partial charge on any atom is -0.462 e. The molecule has 0 saturated carbocycles. The van der Waals surface area contributed by atoms with Gasteiger partial charge in [0.1, 0.15) is 17.3 Å². The van der Waals surface area contributed by atoms with Gasteiger partial charge in [0.25, 0.3) is 0 Å². The first kappa shape index (κ1) is 14.5. The maximum atomic E-state index is 12.1. The molecule has 0 bridgehead atoms. The van der Waals surface area contributed by atoms with Crippen molar-refractivity contribution in [1.82, 2.24) is 0 Å². The predicted molar refractivity (Wildman–Crippen MR) is 94.2 cm³/mol. The molecule has 4 rings (SSSR count). The first-order chi connectivity index (χ1) is 11.6. The number of cyclic esters (lactones) is 1. The molecule has 0 radical (unpaired) electrons. The van der Waals surface area contributed by atoms with Crippen molar-refractivity contribution in [2.24, 2.45) is 0 Å². The van der Waals surface area contributed by atoms with Gasteiger partial charge < -0.3 is 9.15 Å². The van der Waals surface area contributed by atoms with Gasteiger partial charge in [-0.05, 0) is 55.0 Å². The fourth-order valence-corrected chi connectivity index (χ4v) is 2.83. The van der Waals surface area contributed by atoms with E-state index in [1.807, 2.05) is 37.3 Å². The van der Waals surface area contributed by atoms with Gasteiger partial charge in [-0.3, -0.25) is 0 Å². The van der Waals surface area contributed by atoms with Crippen LogP contribution in [0.15, 0.2) is 64.6 Å². The van der Waals surface area contributed by atoms with E-state index in [1.54, 1.807) is 12.2 Å². The minimum atomic E-state index is -0.358. The quantitative estimate of drug-likeness (QED) is 0.491. The highest BCUT2D eigenvalue weighted by molar-refractivity contribution is 6.05. The van der Waals surface area contributed by atoms with Crippen LogP contribution < -0.4 is 0 Å². The van der Waals surface area contributed by atoms with Gasteiger partial charge in [-0.25, -0.2) is 4.79 Å². The third-order valence-electron chi connectivity index (χ3n) is 4.06. The Kier molecular flexibility index (Phi) is 3.35. The van der Waals surface area contributed by atoms with Crippen molar-refractivity contribution in [2.45, 2.75) is 13.8 Å². The molecular formula is C21H16O3. The molecular weight excluding hydrogens is 300 g/mol. The lowest BCUT2D eigenvalue weighted by molar-refractivity contribution is -0.130. The average Bonchev–Trinajstić information content (AvgIpc) is 3.13. The van der Waals surface area contributed by atoms with Crippen molar-refractivity contribution in [2.75, 3.05) is 0 Å². The van der Waals surface area contributed by atoms with Crippen LogP contribution in [-0.4, -0.2) is 5.97 Å². The second-order valence-corrected chi connectivity index (χ2v) is 6.01. The van der Waals surface area contributed by atoms with Gasteiger partial charge >= 0.3 is 5.97 Å². The van der Waals surface area contributed by atoms with Crippen molar-refractivity contribution in [3.63, 3.8) is 0 Å². The van der Waals surface area contributed by atoms with E-state index >= 15 is 0 Å². The molecule has 0 aliphatic carbocycles. The van der Waals surface area contributed by atoms with E-state index in [0.717, 1.165) is 16.7 Å². The summed E-state index contributed by atoms with van der Waals surface area (Å²) in [5.41, 5.74) is 2.60. The summed E-state index contributed by atoms with van der Waals surface area (Å²) < 4.78 is 10.9. The SMILES string of the molecule is Cc1ccc2cc(C3=C/C(=C/c4ccc(C)o4)C(=O)O3)ccc2c1. The van der Waals surface area contributed by atoms with Crippen LogP contribution in [-0.2, 0) is 9.53 Å². The summed E-state index contributed by atoms with van der Waals surface area (Å²) in [5, 5.41) is 2.29. The number of hydrogen-bond donors (Lipinski definition) is 0. The van der Waals surface area contributed by atoms with Crippen molar-refractivity contribution in [1.29, 1.82) is 0 Å². The Morgan fingerprint density at radius 2 is 1.71 bits per heavy atom. The topological polar surface area (TPSA) is 39.4 Å². The normalized spacial score (nSPS) is 15.8. The standard InChI is InChI=1S/C21H16O3/c1-13-3-5-16-10-17(7-6-15(16)9-13)20-12-18(21(22)24-20)11-19-8-4-14(2)23-19/h3-12H,1-2H3/b18-11-. The first-order valence-corrected chi connectivity index (χ1v) is 7.81. The molecule has 118 valence electrons. The summed E-state index contributed by atoms with van der Waals surface area (Å²) in [6, 6.07) is 16.0. The number of carbonyl (C=O) groups is 1. The van der Waals surface area contributed by atoms with Gasteiger partial charge in [0.2, 0.25) is 0 Å². The van der Waals surface area contributed by atoms with Crippen molar-refractivity contribution < 1.29 is 13.9 Å². The molecule has 1 aliphatic rings.